The molecule has 1 heterocycles. The van der Waals surface area contributed by atoms with Gasteiger partial charge in [0.05, 0.1) is 11.1 Å². The van der Waals surface area contributed by atoms with E-state index in [0.717, 1.165) is 5.56 Å². The van der Waals surface area contributed by atoms with Gasteiger partial charge in [-0.25, -0.2) is 9.18 Å². The highest BCUT2D eigenvalue weighted by Gasteiger charge is 2.28. The average Bonchev–Trinajstić information content (AvgIpc) is 2.98. The summed E-state index contributed by atoms with van der Waals surface area (Å²) in [6, 6.07) is 18.9. The Hall–Kier alpha value is -3.73. The highest BCUT2D eigenvalue weighted by molar-refractivity contribution is 6.14. The third-order valence-electron chi connectivity index (χ3n) is 4.03. The summed E-state index contributed by atoms with van der Waals surface area (Å²) in [6.45, 7) is 0. The first-order chi connectivity index (χ1) is 13.1. The van der Waals surface area contributed by atoms with Crippen LogP contribution in [0.4, 0.5) is 4.39 Å². The van der Waals surface area contributed by atoms with Crippen LogP contribution in [0.2, 0.25) is 0 Å². The van der Waals surface area contributed by atoms with Gasteiger partial charge in [0.25, 0.3) is 0 Å². The van der Waals surface area contributed by atoms with Crippen molar-refractivity contribution in [1.29, 1.82) is 0 Å². The lowest BCUT2D eigenvalue weighted by molar-refractivity contribution is 0.0734. The number of hydrogen-bond donors (Lipinski definition) is 0. The molecule has 0 atom stereocenters. The monoisotopic (exact) mass is 360 g/mol. The van der Waals surface area contributed by atoms with Gasteiger partial charge >= 0.3 is 5.97 Å². The molecule has 27 heavy (non-hydrogen) atoms. The average molecular weight is 360 g/mol. The number of hydrogen-bond acceptors (Lipinski definition) is 4. The van der Waals surface area contributed by atoms with Crippen molar-refractivity contribution in [2.45, 2.75) is 0 Å². The van der Waals surface area contributed by atoms with Crippen LogP contribution in [0.15, 0.2) is 78.6 Å². The number of Topliss-reactive ketones (excluding diaryl/α,β-unsaturated/α-hetero) is 1. The zero-order chi connectivity index (χ0) is 18.8. The summed E-state index contributed by atoms with van der Waals surface area (Å²) >= 11 is 0. The van der Waals surface area contributed by atoms with Gasteiger partial charge in [0.2, 0.25) is 5.78 Å². The van der Waals surface area contributed by atoms with Crippen molar-refractivity contribution in [3.05, 3.63) is 101 Å². The Morgan fingerprint density at radius 3 is 2.44 bits per heavy atom. The maximum absolute atomic E-state index is 13.0. The summed E-state index contributed by atoms with van der Waals surface area (Å²) in [4.78, 5) is 24.6. The Morgan fingerprint density at radius 2 is 1.70 bits per heavy atom. The van der Waals surface area contributed by atoms with Crippen molar-refractivity contribution in [3.8, 4) is 11.5 Å². The zero-order valence-corrected chi connectivity index (χ0v) is 14.0. The molecule has 3 aromatic rings. The minimum atomic E-state index is -0.626. The van der Waals surface area contributed by atoms with Crippen LogP contribution in [0.3, 0.4) is 0 Å². The number of benzene rings is 3. The first-order valence-electron chi connectivity index (χ1n) is 8.21. The molecule has 0 spiro atoms. The van der Waals surface area contributed by atoms with E-state index in [2.05, 4.69) is 0 Å². The second-order valence-corrected chi connectivity index (χ2v) is 5.90. The van der Waals surface area contributed by atoms with E-state index >= 15 is 0 Å². The second-order valence-electron chi connectivity index (χ2n) is 5.90. The molecule has 0 saturated heterocycles. The topological polar surface area (TPSA) is 52.6 Å². The van der Waals surface area contributed by atoms with E-state index in [4.69, 9.17) is 9.47 Å². The molecule has 0 unspecified atom stereocenters. The van der Waals surface area contributed by atoms with E-state index in [-0.39, 0.29) is 22.9 Å². The van der Waals surface area contributed by atoms with E-state index in [1.807, 2.05) is 30.3 Å². The summed E-state index contributed by atoms with van der Waals surface area (Å²) < 4.78 is 23.9. The van der Waals surface area contributed by atoms with Gasteiger partial charge in [0.15, 0.2) is 5.76 Å². The van der Waals surface area contributed by atoms with Crippen molar-refractivity contribution in [1.82, 2.24) is 0 Å². The number of halogens is 1. The maximum atomic E-state index is 13.0. The van der Waals surface area contributed by atoms with Crippen molar-refractivity contribution in [3.63, 3.8) is 0 Å². The van der Waals surface area contributed by atoms with Crippen LogP contribution in [0, 0.1) is 5.82 Å². The number of allylic oxidation sites excluding steroid dienone is 1. The molecule has 4 rings (SSSR count). The Kier molecular flexibility index (Phi) is 4.26. The zero-order valence-electron chi connectivity index (χ0n) is 14.0. The van der Waals surface area contributed by atoms with E-state index < -0.39 is 11.8 Å². The lowest BCUT2D eigenvalue weighted by Gasteiger charge is -2.05. The molecule has 3 aromatic carbocycles. The van der Waals surface area contributed by atoms with Crippen LogP contribution in [-0.2, 0) is 0 Å². The molecular weight excluding hydrogens is 347 g/mol. The Morgan fingerprint density at radius 1 is 0.963 bits per heavy atom. The molecular formula is C22H13FO4. The predicted molar refractivity (Wildman–Crippen MR) is 97.2 cm³/mol. The van der Waals surface area contributed by atoms with Gasteiger partial charge in [-0.05, 0) is 48.0 Å². The Labute approximate surface area is 154 Å². The van der Waals surface area contributed by atoms with Crippen LogP contribution in [-0.4, -0.2) is 11.8 Å². The minimum Gasteiger partial charge on any atom is -0.452 e. The fraction of sp³-hybridized carbons (Fsp3) is 0. The molecule has 0 bridgehead atoms. The number of esters is 1. The van der Waals surface area contributed by atoms with E-state index in [1.54, 1.807) is 12.1 Å². The quantitative estimate of drug-likeness (QED) is 0.387. The second kappa shape index (κ2) is 6.88. The summed E-state index contributed by atoms with van der Waals surface area (Å²) in [5.41, 5.74) is 1.47. The number of fused-ring (bicyclic) bond motifs is 1. The molecule has 0 N–H and O–H groups in total. The standard InChI is InChI=1S/C22H13FO4/c23-16-8-6-15(7-9-16)22(25)26-17-10-11-18-19(13-17)27-20(21(18)24)12-14-4-2-1-3-5-14/h1-13H/b20-12-. The number of ether oxygens (including phenoxy) is 2. The Balaban J connectivity index is 1.55. The molecule has 132 valence electrons. The third kappa shape index (κ3) is 3.48. The van der Waals surface area contributed by atoms with Crippen LogP contribution < -0.4 is 9.47 Å². The largest absolute Gasteiger partial charge is 0.452 e. The molecule has 4 nitrogen and oxygen atoms in total. The van der Waals surface area contributed by atoms with E-state index in [1.165, 1.54) is 36.4 Å². The highest BCUT2D eigenvalue weighted by Crippen LogP contribution is 2.35. The number of carbonyl (C=O) groups is 2. The summed E-state index contributed by atoms with van der Waals surface area (Å²) in [5, 5.41) is 0. The fourth-order valence-corrected chi connectivity index (χ4v) is 2.68. The SMILES string of the molecule is O=C(Oc1ccc2c(c1)O/C(=C\c1ccccc1)C2=O)c1ccc(F)cc1. The van der Waals surface area contributed by atoms with Crippen molar-refractivity contribution in [2.24, 2.45) is 0 Å². The molecule has 0 saturated carbocycles. The molecule has 1 aliphatic heterocycles. The fourth-order valence-electron chi connectivity index (χ4n) is 2.68. The Bertz CT molecular complexity index is 1050. The van der Waals surface area contributed by atoms with Crippen molar-refractivity contribution >= 4 is 17.8 Å². The van der Waals surface area contributed by atoms with Crippen molar-refractivity contribution in [2.75, 3.05) is 0 Å². The smallest absolute Gasteiger partial charge is 0.343 e. The third-order valence-corrected chi connectivity index (χ3v) is 4.03. The lowest BCUT2D eigenvalue weighted by Crippen LogP contribution is -2.08. The van der Waals surface area contributed by atoms with Gasteiger partial charge in [-0.1, -0.05) is 30.3 Å². The number of ketones is 1. The van der Waals surface area contributed by atoms with Crippen LogP contribution in [0.1, 0.15) is 26.3 Å². The summed E-state index contributed by atoms with van der Waals surface area (Å²) in [7, 11) is 0. The van der Waals surface area contributed by atoms with Gasteiger partial charge in [-0.3, -0.25) is 4.79 Å². The minimum absolute atomic E-state index is 0.207. The van der Waals surface area contributed by atoms with Gasteiger partial charge in [-0.2, -0.15) is 0 Å². The molecule has 5 heteroatoms. The molecule has 1 aliphatic rings. The lowest BCUT2D eigenvalue weighted by atomic mass is 10.1. The first-order valence-corrected chi connectivity index (χ1v) is 8.21. The molecule has 0 aliphatic carbocycles. The molecule has 0 amide bonds. The summed E-state index contributed by atoms with van der Waals surface area (Å²) in [6.07, 6.45) is 1.66. The van der Waals surface area contributed by atoms with Crippen LogP contribution >= 0.6 is 0 Å². The predicted octanol–water partition coefficient (Wildman–Crippen LogP) is 4.66. The van der Waals surface area contributed by atoms with Crippen molar-refractivity contribution < 1.29 is 23.5 Å². The number of rotatable bonds is 3. The van der Waals surface area contributed by atoms with Crippen LogP contribution in [0.5, 0.6) is 11.5 Å². The molecule has 0 aromatic heterocycles. The van der Waals surface area contributed by atoms with Crippen LogP contribution in [0.25, 0.3) is 6.08 Å². The normalized spacial score (nSPS) is 14.0. The molecule has 0 radical (unpaired) electrons. The van der Waals surface area contributed by atoms with Gasteiger partial charge in [-0.15, -0.1) is 0 Å². The number of carbonyl (C=O) groups excluding carboxylic acids is 2. The van der Waals surface area contributed by atoms with E-state index in [9.17, 15) is 14.0 Å². The summed E-state index contributed by atoms with van der Waals surface area (Å²) in [5.74, 6) is -0.528. The first kappa shape index (κ1) is 16.7. The van der Waals surface area contributed by atoms with Gasteiger partial charge in [0.1, 0.15) is 17.3 Å². The van der Waals surface area contributed by atoms with Gasteiger partial charge in [0, 0.05) is 6.07 Å². The van der Waals surface area contributed by atoms with Gasteiger partial charge < -0.3 is 9.47 Å². The maximum Gasteiger partial charge on any atom is 0.343 e. The highest BCUT2D eigenvalue weighted by atomic mass is 19.1. The molecule has 0 fully saturated rings. The van der Waals surface area contributed by atoms with E-state index in [0.29, 0.717) is 11.3 Å².